The standard InChI is InChI=1S/C17H23NO3S2/c1-4-15-16(19)18(17(22)23-15)10-9-12-7-8-13(20-5-2)14(11-12)21-6-3/h7-8,11,15H,4-6,9-10H2,1-3H3. The quantitative estimate of drug-likeness (QED) is 0.667. The molecule has 1 saturated heterocycles. The second kappa shape index (κ2) is 8.55. The van der Waals surface area contributed by atoms with Gasteiger partial charge in [-0.1, -0.05) is 37.0 Å². The predicted molar refractivity (Wildman–Crippen MR) is 98.5 cm³/mol. The maximum Gasteiger partial charge on any atom is 0.241 e. The first-order chi connectivity index (χ1) is 11.1. The number of hydrogen-bond acceptors (Lipinski definition) is 5. The molecule has 2 rings (SSSR count). The average molecular weight is 354 g/mol. The van der Waals surface area contributed by atoms with Gasteiger partial charge in [0.2, 0.25) is 5.91 Å². The summed E-state index contributed by atoms with van der Waals surface area (Å²) >= 11 is 6.82. The van der Waals surface area contributed by atoms with Crippen LogP contribution < -0.4 is 9.47 Å². The molecule has 1 aliphatic heterocycles. The Balaban J connectivity index is 2.04. The van der Waals surface area contributed by atoms with Crippen molar-refractivity contribution >= 4 is 34.2 Å². The molecule has 1 amide bonds. The highest BCUT2D eigenvalue weighted by Gasteiger charge is 2.35. The van der Waals surface area contributed by atoms with E-state index in [-0.39, 0.29) is 11.2 Å². The molecular weight excluding hydrogens is 330 g/mol. The number of carbonyl (C=O) groups excluding carboxylic acids is 1. The van der Waals surface area contributed by atoms with E-state index < -0.39 is 0 Å². The number of hydrogen-bond donors (Lipinski definition) is 0. The zero-order chi connectivity index (χ0) is 16.8. The second-order valence-corrected chi connectivity index (χ2v) is 7.00. The van der Waals surface area contributed by atoms with Gasteiger partial charge in [0, 0.05) is 6.54 Å². The van der Waals surface area contributed by atoms with E-state index in [1.165, 1.54) is 11.8 Å². The molecule has 1 unspecified atom stereocenters. The van der Waals surface area contributed by atoms with E-state index in [9.17, 15) is 4.79 Å². The molecule has 1 aromatic rings. The molecule has 0 bridgehead atoms. The van der Waals surface area contributed by atoms with E-state index in [0.717, 1.165) is 29.9 Å². The summed E-state index contributed by atoms with van der Waals surface area (Å²) in [4.78, 5) is 14.0. The largest absolute Gasteiger partial charge is 0.490 e. The van der Waals surface area contributed by atoms with Crippen molar-refractivity contribution < 1.29 is 14.3 Å². The van der Waals surface area contributed by atoms with E-state index >= 15 is 0 Å². The topological polar surface area (TPSA) is 38.8 Å². The minimum Gasteiger partial charge on any atom is -0.490 e. The highest BCUT2D eigenvalue weighted by atomic mass is 32.2. The van der Waals surface area contributed by atoms with E-state index in [0.29, 0.717) is 24.1 Å². The first-order valence-corrected chi connectivity index (χ1v) is 9.29. The number of rotatable bonds is 8. The fourth-order valence-corrected chi connectivity index (χ4v) is 3.93. The Morgan fingerprint density at radius 1 is 1.17 bits per heavy atom. The molecule has 6 heteroatoms. The highest BCUT2D eigenvalue weighted by Crippen LogP contribution is 2.31. The van der Waals surface area contributed by atoms with Crippen LogP contribution in [-0.4, -0.2) is 40.1 Å². The summed E-state index contributed by atoms with van der Waals surface area (Å²) in [7, 11) is 0. The van der Waals surface area contributed by atoms with Crippen LogP contribution in [0.5, 0.6) is 11.5 Å². The summed E-state index contributed by atoms with van der Waals surface area (Å²) in [6.07, 6.45) is 1.56. The first-order valence-electron chi connectivity index (χ1n) is 8.01. The third kappa shape index (κ3) is 4.38. The number of nitrogens with zero attached hydrogens (tertiary/aromatic N) is 1. The molecule has 1 heterocycles. The lowest BCUT2D eigenvalue weighted by atomic mass is 10.1. The lowest BCUT2D eigenvalue weighted by Crippen LogP contribution is -2.33. The summed E-state index contributed by atoms with van der Waals surface area (Å²) in [6.45, 7) is 7.72. The zero-order valence-electron chi connectivity index (χ0n) is 13.8. The number of thioether (sulfide) groups is 1. The molecule has 0 aromatic heterocycles. The molecule has 1 fully saturated rings. The lowest BCUT2D eigenvalue weighted by molar-refractivity contribution is -0.126. The van der Waals surface area contributed by atoms with Crippen LogP contribution >= 0.6 is 24.0 Å². The van der Waals surface area contributed by atoms with Crippen LogP contribution in [0.1, 0.15) is 32.8 Å². The predicted octanol–water partition coefficient (Wildman–Crippen LogP) is 3.67. The van der Waals surface area contributed by atoms with Gasteiger partial charge in [-0.05, 0) is 44.4 Å². The molecule has 0 spiro atoms. The number of carbonyl (C=O) groups is 1. The van der Waals surface area contributed by atoms with Crippen LogP contribution in [0.3, 0.4) is 0 Å². The van der Waals surface area contributed by atoms with Crippen LogP contribution in [0.4, 0.5) is 0 Å². The normalized spacial score (nSPS) is 17.7. The van der Waals surface area contributed by atoms with E-state index in [2.05, 4.69) is 0 Å². The van der Waals surface area contributed by atoms with Crippen molar-refractivity contribution in [3.63, 3.8) is 0 Å². The van der Waals surface area contributed by atoms with Crippen molar-refractivity contribution in [1.82, 2.24) is 4.90 Å². The third-order valence-corrected chi connectivity index (χ3v) is 5.36. The maximum absolute atomic E-state index is 12.2. The molecule has 1 aliphatic rings. The SMILES string of the molecule is CCOc1ccc(CCN2C(=O)C(CC)SC2=S)cc1OCC. The molecule has 126 valence electrons. The summed E-state index contributed by atoms with van der Waals surface area (Å²) in [5, 5.41) is -0.0122. The summed E-state index contributed by atoms with van der Waals surface area (Å²) in [5.41, 5.74) is 1.11. The summed E-state index contributed by atoms with van der Waals surface area (Å²) in [6, 6.07) is 5.93. The Morgan fingerprint density at radius 3 is 2.48 bits per heavy atom. The average Bonchev–Trinajstić information content (AvgIpc) is 2.82. The Hall–Kier alpha value is -1.27. The van der Waals surface area contributed by atoms with Gasteiger partial charge in [-0.3, -0.25) is 9.69 Å². The van der Waals surface area contributed by atoms with Crippen LogP contribution in [0.15, 0.2) is 18.2 Å². The van der Waals surface area contributed by atoms with Crippen molar-refractivity contribution in [3.05, 3.63) is 23.8 Å². The number of benzene rings is 1. The van der Waals surface area contributed by atoms with Crippen molar-refractivity contribution in [2.24, 2.45) is 0 Å². The van der Waals surface area contributed by atoms with Gasteiger partial charge in [-0.2, -0.15) is 0 Å². The smallest absolute Gasteiger partial charge is 0.241 e. The fraction of sp³-hybridized carbons (Fsp3) is 0.529. The molecule has 23 heavy (non-hydrogen) atoms. The fourth-order valence-electron chi connectivity index (χ4n) is 2.45. The highest BCUT2D eigenvalue weighted by molar-refractivity contribution is 8.24. The van der Waals surface area contributed by atoms with Gasteiger partial charge >= 0.3 is 0 Å². The molecule has 0 N–H and O–H groups in total. The van der Waals surface area contributed by atoms with Crippen molar-refractivity contribution in [2.75, 3.05) is 19.8 Å². The molecule has 1 atom stereocenters. The zero-order valence-corrected chi connectivity index (χ0v) is 15.5. The van der Waals surface area contributed by atoms with Gasteiger partial charge in [-0.25, -0.2) is 0 Å². The van der Waals surface area contributed by atoms with Gasteiger partial charge in [0.25, 0.3) is 0 Å². The summed E-state index contributed by atoms with van der Waals surface area (Å²) in [5.74, 6) is 1.65. The van der Waals surface area contributed by atoms with Gasteiger partial charge < -0.3 is 9.47 Å². The minimum absolute atomic E-state index is 0.0122. The minimum atomic E-state index is -0.0122. The van der Waals surface area contributed by atoms with E-state index in [1.54, 1.807) is 4.90 Å². The van der Waals surface area contributed by atoms with Gasteiger partial charge in [-0.15, -0.1) is 0 Å². The molecular formula is C17H23NO3S2. The van der Waals surface area contributed by atoms with E-state index in [1.807, 2.05) is 39.0 Å². The lowest BCUT2D eigenvalue weighted by Gasteiger charge is -2.16. The Kier molecular flexibility index (Phi) is 6.72. The molecule has 0 radical (unpaired) electrons. The molecule has 0 saturated carbocycles. The van der Waals surface area contributed by atoms with Crippen LogP contribution in [0.25, 0.3) is 0 Å². The molecule has 1 aromatic carbocycles. The summed E-state index contributed by atoms with van der Waals surface area (Å²) < 4.78 is 11.9. The Morgan fingerprint density at radius 2 is 1.87 bits per heavy atom. The monoisotopic (exact) mass is 353 g/mol. The number of thiocarbonyl (C=S) groups is 1. The number of ether oxygens (including phenoxy) is 2. The Labute approximate surface area is 147 Å². The van der Waals surface area contributed by atoms with Crippen molar-refractivity contribution in [2.45, 2.75) is 38.9 Å². The third-order valence-electron chi connectivity index (χ3n) is 3.61. The van der Waals surface area contributed by atoms with Crippen LogP contribution in [-0.2, 0) is 11.2 Å². The van der Waals surface area contributed by atoms with Gasteiger partial charge in [0.05, 0.1) is 18.5 Å². The molecule has 0 aliphatic carbocycles. The molecule has 4 nitrogen and oxygen atoms in total. The first kappa shape index (κ1) is 18.1. The second-order valence-electron chi connectivity index (χ2n) is 5.17. The van der Waals surface area contributed by atoms with E-state index in [4.69, 9.17) is 21.7 Å². The van der Waals surface area contributed by atoms with Crippen molar-refractivity contribution in [1.29, 1.82) is 0 Å². The van der Waals surface area contributed by atoms with Gasteiger partial charge in [0.15, 0.2) is 11.5 Å². The maximum atomic E-state index is 12.2. The van der Waals surface area contributed by atoms with Gasteiger partial charge in [0.1, 0.15) is 4.32 Å². The van der Waals surface area contributed by atoms with Crippen LogP contribution in [0.2, 0.25) is 0 Å². The van der Waals surface area contributed by atoms with Crippen LogP contribution in [0, 0.1) is 0 Å². The number of amides is 1. The Bertz CT molecular complexity index is 577. The van der Waals surface area contributed by atoms with Crippen molar-refractivity contribution in [3.8, 4) is 11.5 Å².